The minimum Gasteiger partial charge on any atom is -0.351 e. The standard InChI is InChI=1S/C25H29F3N2O3S/c26-25(27,28)20-10-6-11-21(14-20)34(32,33)23-12-5-4-9-18(23)15-30-24(31)22-13-19(16-29-22)17-7-2-1-3-8-17/h4-6,9-12,14,17,19,22,29H,1-3,7-8,13,15-16H2,(H,30,31)/t19-,22+/m1/s1. The number of hydrogen-bond donors (Lipinski definition) is 2. The zero-order valence-corrected chi connectivity index (χ0v) is 19.6. The summed E-state index contributed by atoms with van der Waals surface area (Å²) in [5, 5.41) is 6.11. The highest BCUT2D eigenvalue weighted by molar-refractivity contribution is 7.91. The van der Waals surface area contributed by atoms with Crippen LogP contribution in [0, 0.1) is 11.8 Å². The van der Waals surface area contributed by atoms with Crippen molar-refractivity contribution >= 4 is 15.7 Å². The van der Waals surface area contributed by atoms with E-state index in [0.29, 0.717) is 23.5 Å². The Morgan fingerprint density at radius 1 is 1.00 bits per heavy atom. The van der Waals surface area contributed by atoms with E-state index < -0.39 is 26.5 Å². The Morgan fingerprint density at radius 3 is 2.47 bits per heavy atom. The molecule has 0 bridgehead atoms. The highest BCUT2D eigenvalue weighted by atomic mass is 32.2. The lowest BCUT2D eigenvalue weighted by molar-refractivity contribution is -0.137. The first kappa shape index (κ1) is 24.7. The second-order valence-electron chi connectivity index (χ2n) is 9.21. The van der Waals surface area contributed by atoms with Crippen LogP contribution in [0.5, 0.6) is 0 Å². The Morgan fingerprint density at radius 2 is 1.74 bits per heavy atom. The van der Waals surface area contributed by atoms with Crippen molar-refractivity contribution in [2.75, 3.05) is 6.54 Å². The zero-order chi connectivity index (χ0) is 24.3. The SMILES string of the molecule is O=C(NCc1ccccc1S(=O)(=O)c1cccc(C(F)(F)F)c1)[C@@H]1C[C@@H](C2CCCCC2)CN1. The number of carbonyl (C=O) groups is 1. The Labute approximate surface area is 198 Å². The Balaban J connectivity index is 1.45. The van der Waals surface area contributed by atoms with E-state index in [9.17, 15) is 26.4 Å². The maximum absolute atomic E-state index is 13.2. The first-order chi connectivity index (χ1) is 16.2. The quantitative estimate of drug-likeness (QED) is 0.610. The summed E-state index contributed by atoms with van der Waals surface area (Å²) in [5.41, 5.74) is -0.700. The van der Waals surface area contributed by atoms with Gasteiger partial charge in [-0.1, -0.05) is 56.4 Å². The van der Waals surface area contributed by atoms with Gasteiger partial charge in [0, 0.05) is 6.54 Å². The van der Waals surface area contributed by atoms with Gasteiger partial charge in [-0.25, -0.2) is 8.42 Å². The van der Waals surface area contributed by atoms with Crippen molar-refractivity contribution in [3.8, 4) is 0 Å². The fraction of sp³-hybridized carbons (Fsp3) is 0.480. The van der Waals surface area contributed by atoms with Gasteiger partial charge in [0.15, 0.2) is 0 Å². The van der Waals surface area contributed by atoms with Crippen molar-refractivity contribution in [2.24, 2.45) is 11.8 Å². The van der Waals surface area contributed by atoms with Crippen LogP contribution in [0.4, 0.5) is 13.2 Å². The molecule has 2 aromatic rings. The lowest BCUT2D eigenvalue weighted by Crippen LogP contribution is -2.40. The molecule has 1 amide bonds. The smallest absolute Gasteiger partial charge is 0.351 e. The summed E-state index contributed by atoms with van der Waals surface area (Å²) in [4.78, 5) is 12.2. The maximum atomic E-state index is 13.2. The molecule has 2 aliphatic rings. The van der Waals surface area contributed by atoms with E-state index in [-0.39, 0.29) is 23.4 Å². The largest absolute Gasteiger partial charge is 0.416 e. The summed E-state index contributed by atoms with van der Waals surface area (Å²) in [6, 6.07) is 9.44. The predicted molar refractivity (Wildman–Crippen MR) is 122 cm³/mol. The molecule has 34 heavy (non-hydrogen) atoms. The molecule has 184 valence electrons. The first-order valence-corrected chi connectivity index (χ1v) is 13.2. The molecule has 1 heterocycles. The van der Waals surface area contributed by atoms with Crippen LogP contribution in [-0.4, -0.2) is 26.9 Å². The van der Waals surface area contributed by atoms with Crippen molar-refractivity contribution in [2.45, 2.75) is 67.1 Å². The summed E-state index contributed by atoms with van der Waals surface area (Å²) in [7, 11) is -4.21. The number of benzene rings is 2. The summed E-state index contributed by atoms with van der Waals surface area (Å²) >= 11 is 0. The van der Waals surface area contributed by atoms with Crippen molar-refractivity contribution in [3.05, 3.63) is 59.7 Å². The number of sulfone groups is 1. The van der Waals surface area contributed by atoms with Crippen LogP contribution in [0.15, 0.2) is 58.3 Å². The van der Waals surface area contributed by atoms with Crippen LogP contribution in [0.1, 0.15) is 49.7 Å². The number of nitrogens with one attached hydrogen (secondary N) is 2. The summed E-state index contributed by atoms with van der Waals surface area (Å²) in [5.74, 6) is 0.937. The lowest BCUT2D eigenvalue weighted by atomic mass is 9.79. The van der Waals surface area contributed by atoms with E-state index in [1.807, 2.05) is 0 Å². The van der Waals surface area contributed by atoms with Gasteiger partial charge in [0.25, 0.3) is 0 Å². The van der Waals surface area contributed by atoms with Crippen LogP contribution in [0.2, 0.25) is 0 Å². The van der Waals surface area contributed by atoms with Gasteiger partial charge >= 0.3 is 6.18 Å². The summed E-state index contributed by atoms with van der Waals surface area (Å²) < 4.78 is 65.6. The van der Waals surface area contributed by atoms with E-state index in [0.717, 1.165) is 31.2 Å². The minimum absolute atomic E-state index is 0.0283. The highest BCUT2D eigenvalue weighted by Gasteiger charge is 2.35. The molecular formula is C25H29F3N2O3S. The van der Waals surface area contributed by atoms with Gasteiger partial charge < -0.3 is 10.6 Å². The fourth-order valence-electron chi connectivity index (χ4n) is 5.11. The van der Waals surface area contributed by atoms with E-state index >= 15 is 0 Å². The molecule has 1 aliphatic carbocycles. The molecule has 2 fully saturated rings. The predicted octanol–water partition coefficient (Wildman–Crippen LogP) is 4.71. The number of hydrogen-bond acceptors (Lipinski definition) is 4. The molecule has 2 aromatic carbocycles. The molecule has 2 N–H and O–H groups in total. The van der Waals surface area contributed by atoms with Gasteiger partial charge in [-0.3, -0.25) is 4.79 Å². The van der Waals surface area contributed by atoms with Crippen molar-refractivity contribution < 1.29 is 26.4 Å². The molecule has 0 spiro atoms. The normalized spacial score (nSPS) is 22.0. The molecule has 4 rings (SSSR count). The molecule has 0 unspecified atom stereocenters. The van der Waals surface area contributed by atoms with E-state index in [1.54, 1.807) is 12.1 Å². The van der Waals surface area contributed by atoms with Gasteiger partial charge in [-0.2, -0.15) is 13.2 Å². The number of carbonyl (C=O) groups excluding carboxylic acids is 1. The minimum atomic E-state index is -4.65. The van der Waals surface area contributed by atoms with Gasteiger partial charge in [0.1, 0.15) is 0 Å². The maximum Gasteiger partial charge on any atom is 0.416 e. The number of amides is 1. The first-order valence-electron chi connectivity index (χ1n) is 11.7. The monoisotopic (exact) mass is 494 g/mol. The summed E-state index contributed by atoms with van der Waals surface area (Å²) in [6.07, 6.45) is 2.31. The second kappa shape index (κ2) is 10.1. The molecule has 1 saturated carbocycles. The Bertz CT molecular complexity index is 1130. The Hall–Kier alpha value is -2.39. The van der Waals surface area contributed by atoms with E-state index in [4.69, 9.17) is 0 Å². The molecule has 0 aromatic heterocycles. The van der Waals surface area contributed by atoms with Crippen LogP contribution < -0.4 is 10.6 Å². The number of halogens is 3. The number of alkyl halides is 3. The third-order valence-electron chi connectivity index (χ3n) is 6.98. The average molecular weight is 495 g/mol. The molecule has 9 heteroatoms. The van der Waals surface area contributed by atoms with Crippen LogP contribution in [0.25, 0.3) is 0 Å². The van der Waals surface area contributed by atoms with Crippen molar-refractivity contribution in [1.29, 1.82) is 0 Å². The van der Waals surface area contributed by atoms with Gasteiger partial charge in [0.05, 0.1) is 21.4 Å². The van der Waals surface area contributed by atoms with Crippen molar-refractivity contribution in [3.63, 3.8) is 0 Å². The summed E-state index contributed by atoms with van der Waals surface area (Å²) in [6.45, 7) is 0.780. The van der Waals surface area contributed by atoms with Crippen molar-refractivity contribution in [1.82, 2.24) is 10.6 Å². The van der Waals surface area contributed by atoms with Gasteiger partial charge in [-0.05, 0) is 54.6 Å². The van der Waals surface area contributed by atoms with Gasteiger partial charge in [-0.15, -0.1) is 0 Å². The fourth-order valence-corrected chi connectivity index (χ4v) is 6.65. The Kier molecular flexibility index (Phi) is 7.33. The number of rotatable bonds is 6. The lowest BCUT2D eigenvalue weighted by Gasteiger charge is -2.26. The second-order valence-corrected chi connectivity index (χ2v) is 11.1. The van der Waals surface area contributed by atoms with E-state index in [1.165, 1.54) is 44.2 Å². The van der Waals surface area contributed by atoms with E-state index in [2.05, 4.69) is 10.6 Å². The molecule has 1 saturated heterocycles. The van der Waals surface area contributed by atoms with Crippen LogP contribution >= 0.6 is 0 Å². The molecule has 1 aliphatic heterocycles. The van der Waals surface area contributed by atoms with Gasteiger partial charge in [0.2, 0.25) is 15.7 Å². The average Bonchev–Trinajstić information content (AvgIpc) is 3.33. The third-order valence-corrected chi connectivity index (χ3v) is 8.84. The molecule has 2 atom stereocenters. The topological polar surface area (TPSA) is 75.3 Å². The third kappa shape index (κ3) is 5.46. The molecule has 0 radical (unpaired) electrons. The zero-order valence-electron chi connectivity index (χ0n) is 18.8. The van der Waals surface area contributed by atoms with Crippen LogP contribution in [0.3, 0.4) is 0 Å². The molecular weight excluding hydrogens is 465 g/mol. The van der Waals surface area contributed by atoms with Crippen LogP contribution in [-0.2, 0) is 27.4 Å². The highest BCUT2D eigenvalue weighted by Crippen LogP contribution is 2.35. The molecule has 5 nitrogen and oxygen atoms in total.